The zero-order chi connectivity index (χ0) is 14.3. The first-order valence-electron chi connectivity index (χ1n) is 6.00. The minimum atomic E-state index is -0.417. The number of aromatic nitrogens is 5. The van der Waals surface area contributed by atoms with E-state index in [1.807, 2.05) is 13.8 Å². The summed E-state index contributed by atoms with van der Waals surface area (Å²) >= 11 is 0. The van der Waals surface area contributed by atoms with Crippen molar-refractivity contribution in [3.8, 4) is 11.6 Å². The average Bonchev–Trinajstić information content (AvgIpc) is 3.07. The van der Waals surface area contributed by atoms with E-state index in [-0.39, 0.29) is 5.88 Å². The highest BCUT2D eigenvalue weighted by molar-refractivity contribution is 5.31. The van der Waals surface area contributed by atoms with Crippen molar-refractivity contribution in [3.05, 3.63) is 46.1 Å². The zero-order valence-corrected chi connectivity index (χ0v) is 11.0. The Morgan fingerprint density at radius 3 is 2.85 bits per heavy atom. The molecule has 0 bridgehead atoms. The monoisotopic (exact) mass is 275 g/mol. The first kappa shape index (κ1) is 12.3. The average molecular weight is 275 g/mol. The molecular weight excluding hydrogens is 262 g/mol. The summed E-state index contributed by atoms with van der Waals surface area (Å²) in [6.07, 6.45) is 4.40. The summed E-state index contributed by atoms with van der Waals surface area (Å²) < 4.78 is 7.88. The van der Waals surface area contributed by atoms with Gasteiger partial charge in [-0.05, 0) is 13.8 Å². The van der Waals surface area contributed by atoms with Gasteiger partial charge >= 0.3 is 5.69 Å². The summed E-state index contributed by atoms with van der Waals surface area (Å²) in [6.45, 7) is 4.18. The second kappa shape index (κ2) is 4.41. The second-order valence-corrected chi connectivity index (χ2v) is 4.49. The lowest BCUT2D eigenvalue weighted by atomic mass is 10.2. The van der Waals surface area contributed by atoms with Gasteiger partial charge in [0.15, 0.2) is 0 Å². The van der Waals surface area contributed by atoms with Crippen molar-refractivity contribution in [1.82, 2.24) is 24.5 Å². The van der Waals surface area contributed by atoms with Crippen LogP contribution in [0, 0.1) is 13.8 Å². The highest BCUT2D eigenvalue weighted by Gasteiger charge is 2.12. The summed E-state index contributed by atoms with van der Waals surface area (Å²) in [5, 5.41) is 17.7. The Labute approximate surface area is 113 Å². The van der Waals surface area contributed by atoms with E-state index in [4.69, 9.17) is 4.52 Å². The lowest BCUT2D eigenvalue weighted by Gasteiger charge is -2.00. The van der Waals surface area contributed by atoms with Crippen LogP contribution >= 0.6 is 0 Å². The van der Waals surface area contributed by atoms with Crippen molar-refractivity contribution < 1.29 is 9.63 Å². The number of aromatic hydroxyl groups is 1. The highest BCUT2D eigenvalue weighted by Crippen LogP contribution is 2.16. The zero-order valence-electron chi connectivity index (χ0n) is 11.0. The first-order valence-corrected chi connectivity index (χ1v) is 6.00. The Kier molecular flexibility index (Phi) is 2.70. The summed E-state index contributed by atoms with van der Waals surface area (Å²) in [7, 11) is 0. The Morgan fingerprint density at radius 1 is 1.45 bits per heavy atom. The van der Waals surface area contributed by atoms with Crippen molar-refractivity contribution in [1.29, 1.82) is 0 Å². The number of imidazole rings is 1. The van der Waals surface area contributed by atoms with Crippen LogP contribution in [0.5, 0.6) is 5.88 Å². The molecule has 0 aliphatic rings. The van der Waals surface area contributed by atoms with Gasteiger partial charge in [0.1, 0.15) is 5.76 Å². The predicted octanol–water partition coefficient (Wildman–Crippen LogP) is 0.721. The largest absolute Gasteiger partial charge is 0.493 e. The molecule has 0 saturated heterocycles. The Hall–Kier alpha value is -2.77. The fraction of sp³-hybridized carbons (Fsp3) is 0.250. The molecule has 2 N–H and O–H groups in total. The standard InChI is InChI=1S/C12H13N5O3/c1-7-10(8(2)20-15-7)6-16-5-9(3-14-16)17-11(18)4-13-12(17)19/h3-5,18H,6H2,1-2H3,(H,13,19). The molecule has 0 saturated carbocycles. The van der Waals surface area contributed by atoms with Crippen LogP contribution in [0.4, 0.5) is 0 Å². The lowest BCUT2D eigenvalue weighted by molar-refractivity contribution is 0.391. The molecule has 0 unspecified atom stereocenters. The molecule has 0 amide bonds. The Balaban J connectivity index is 1.94. The number of nitrogens with one attached hydrogen (secondary N) is 1. The van der Waals surface area contributed by atoms with Crippen LogP contribution in [-0.2, 0) is 6.54 Å². The van der Waals surface area contributed by atoms with E-state index < -0.39 is 5.69 Å². The summed E-state index contributed by atoms with van der Waals surface area (Å²) in [6, 6.07) is 0. The maximum atomic E-state index is 11.6. The molecule has 0 radical (unpaired) electrons. The molecule has 3 aromatic heterocycles. The number of nitrogens with zero attached hydrogens (tertiary/aromatic N) is 4. The number of rotatable bonds is 3. The molecule has 8 nitrogen and oxygen atoms in total. The van der Waals surface area contributed by atoms with Gasteiger partial charge < -0.3 is 14.6 Å². The Bertz CT molecular complexity index is 788. The second-order valence-electron chi connectivity index (χ2n) is 4.49. The van der Waals surface area contributed by atoms with Crippen LogP contribution in [0.15, 0.2) is 27.9 Å². The maximum absolute atomic E-state index is 11.6. The molecule has 3 heterocycles. The van der Waals surface area contributed by atoms with Gasteiger partial charge in [-0.1, -0.05) is 5.16 Å². The van der Waals surface area contributed by atoms with E-state index in [2.05, 4.69) is 15.2 Å². The first-order chi connectivity index (χ1) is 9.56. The van der Waals surface area contributed by atoms with E-state index >= 15 is 0 Å². The predicted molar refractivity (Wildman–Crippen MR) is 68.9 cm³/mol. The van der Waals surface area contributed by atoms with Crippen LogP contribution in [-0.4, -0.2) is 29.6 Å². The van der Waals surface area contributed by atoms with E-state index in [0.717, 1.165) is 21.6 Å². The van der Waals surface area contributed by atoms with Gasteiger partial charge in [0.2, 0.25) is 5.88 Å². The molecule has 3 aromatic rings. The maximum Gasteiger partial charge on any atom is 0.333 e. The SMILES string of the molecule is Cc1noc(C)c1Cn1cc(-n2c(O)c[nH]c2=O)cn1. The third-order valence-electron chi connectivity index (χ3n) is 3.14. The van der Waals surface area contributed by atoms with Crippen LogP contribution in [0.2, 0.25) is 0 Å². The summed E-state index contributed by atoms with van der Waals surface area (Å²) in [5.74, 6) is 0.577. The number of aryl methyl sites for hydroxylation is 2. The van der Waals surface area contributed by atoms with Crippen LogP contribution in [0.3, 0.4) is 0 Å². The molecule has 0 fully saturated rings. The number of aromatic amines is 1. The molecule has 104 valence electrons. The highest BCUT2D eigenvalue weighted by atomic mass is 16.5. The van der Waals surface area contributed by atoms with E-state index in [0.29, 0.717) is 12.2 Å². The number of hydrogen-bond acceptors (Lipinski definition) is 5. The molecule has 0 aliphatic heterocycles. The summed E-state index contributed by atoms with van der Waals surface area (Å²) in [4.78, 5) is 14.0. The minimum absolute atomic E-state index is 0.160. The molecular formula is C12H13N5O3. The van der Waals surface area contributed by atoms with E-state index in [1.165, 1.54) is 12.4 Å². The molecule has 8 heteroatoms. The molecule has 0 atom stereocenters. The fourth-order valence-corrected chi connectivity index (χ4v) is 2.05. The van der Waals surface area contributed by atoms with Gasteiger partial charge in [-0.15, -0.1) is 0 Å². The molecule has 3 rings (SSSR count). The van der Waals surface area contributed by atoms with Crippen molar-refractivity contribution >= 4 is 0 Å². The van der Waals surface area contributed by atoms with E-state index in [9.17, 15) is 9.90 Å². The normalized spacial score (nSPS) is 11.1. The number of hydrogen-bond donors (Lipinski definition) is 2. The van der Waals surface area contributed by atoms with Gasteiger partial charge in [0, 0.05) is 11.8 Å². The van der Waals surface area contributed by atoms with E-state index in [1.54, 1.807) is 10.9 Å². The van der Waals surface area contributed by atoms with Gasteiger partial charge in [-0.2, -0.15) is 5.10 Å². The van der Waals surface area contributed by atoms with Gasteiger partial charge in [-0.25, -0.2) is 9.36 Å². The van der Waals surface area contributed by atoms with Crippen LogP contribution in [0.25, 0.3) is 5.69 Å². The molecule has 20 heavy (non-hydrogen) atoms. The number of H-pyrrole nitrogens is 1. The van der Waals surface area contributed by atoms with Crippen LogP contribution < -0.4 is 5.69 Å². The smallest absolute Gasteiger partial charge is 0.333 e. The minimum Gasteiger partial charge on any atom is -0.493 e. The van der Waals surface area contributed by atoms with Crippen molar-refractivity contribution in [3.63, 3.8) is 0 Å². The van der Waals surface area contributed by atoms with Gasteiger partial charge in [-0.3, -0.25) is 4.68 Å². The van der Waals surface area contributed by atoms with Gasteiger partial charge in [0.25, 0.3) is 0 Å². The van der Waals surface area contributed by atoms with Crippen molar-refractivity contribution in [2.24, 2.45) is 0 Å². The quantitative estimate of drug-likeness (QED) is 0.733. The van der Waals surface area contributed by atoms with Crippen LogP contribution in [0.1, 0.15) is 17.0 Å². The fourth-order valence-electron chi connectivity index (χ4n) is 2.05. The van der Waals surface area contributed by atoms with Crippen molar-refractivity contribution in [2.45, 2.75) is 20.4 Å². The molecule has 0 aromatic carbocycles. The Morgan fingerprint density at radius 2 is 2.25 bits per heavy atom. The molecule has 0 spiro atoms. The third kappa shape index (κ3) is 1.91. The third-order valence-corrected chi connectivity index (χ3v) is 3.14. The van der Waals surface area contributed by atoms with Crippen molar-refractivity contribution in [2.75, 3.05) is 0 Å². The van der Waals surface area contributed by atoms with Gasteiger partial charge in [0.05, 0.1) is 30.3 Å². The lowest BCUT2D eigenvalue weighted by Crippen LogP contribution is -2.13. The molecule has 0 aliphatic carbocycles. The topological polar surface area (TPSA) is 102 Å². The summed E-state index contributed by atoms with van der Waals surface area (Å²) in [5.41, 5.74) is 1.83.